The van der Waals surface area contributed by atoms with Crippen LogP contribution in [-0.2, 0) is 0 Å². The molecule has 38 valence electrons. The molecule has 3 nitrogen and oxygen atoms in total. The van der Waals surface area contributed by atoms with E-state index in [0.717, 1.165) is 0 Å². The first-order valence-corrected chi connectivity index (χ1v) is 1.82. The standard InChI is InChI=1S/C4H7N3/c1-4(6)7-3-2-5/h7H,1,3,6H2. The molecule has 0 heterocycles. The molecule has 0 aromatic heterocycles. The van der Waals surface area contributed by atoms with Crippen molar-refractivity contribution in [2.24, 2.45) is 5.73 Å². The number of rotatable bonds is 2. The van der Waals surface area contributed by atoms with E-state index in [1.807, 2.05) is 6.07 Å². The van der Waals surface area contributed by atoms with E-state index in [4.69, 9.17) is 11.0 Å². The Labute approximate surface area is 42.4 Å². The average Bonchev–Trinajstić information content (AvgIpc) is 1.61. The van der Waals surface area contributed by atoms with E-state index in [0.29, 0.717) is 5.82 Å². The summed E-state index contributed by atoms with van der Waals surface area (Å²) in [7, 11) is 0. The van der Waals surface area contributed by atoms with Crippen LogP contribution in [0.3, 0.4) is 0 Å². The summed E-state index contributed by atoms with van der Waals surface area (Å²) in [5.74, 6) is 0.335. The second-order valence-electron chi connectivity index (χ2n) is 1.04. The van der Waals surface area contributed by atoms with Crippen LogP contribution in [0.1, 0.15) is 0 Å². The van der Waals surface area contributed by atoms with Gasteiger partial charge in [-0.3, -0.25) is 0 Å². The first-order valence-electron chi connectivity index (χ1n) is 1.82. The number of nitriles is 1. The number of hydrogen-bond acceptors (Lipinski definition) is 3. The van der Waals surface area contributed by atoms with E-state index >= 15 is 0 Å². The van der Waals surface area contributed by atoms with Crippen LogP contribution in [0.2, 0.25) is 0 Å². The first kappa shape index (κ1) is 5.83. The molecular formula is C4H7N3. The Morgan fingerprint density at radius 3 is 2.71 bits per heavy atom. The molecule has 0 atom stereocenters. The maximum Gasteiger partial charge on any atom is 0.104 e. The van der Waals surface area contributed by atoms with Crippen LogP contribution in [0.25, 0.3) is 0 Å². The predicted molar refractivity (Wildman–Crippen MR) is 26.9 cm³/mol. The fourth-order valence-corrected chi connectivity index (χ4v) is 0.153. The highest BCUT2D eigenvalue weighted by Gasteiger charge is 1.75. The highest BCUT2D eigenvalue weighted by atomic mass is 15.0. The molecule has 0 amide bonds. The maximum absolute atomic E-state index is 7.91. The van der Waals surface area contributed by atoms with Gasteiger partial charge in [-0.1, -0.05) is 6.58 Å². The lowest BCUT2D eigenvalue weighted by atomic mass is 10.7. The van der Waals surface area contributed by atoms with Gasteiger partial charge in [-0.05, 0) is 0 Å². The van der Waals surface area contributed by atoms with E-state index < -0.39 is 0 Å². The fourth-order valence-electron chi connectivity index (χ4n) is 0.153. The summed E-state index contributed by atoms with van der Waals surface area (Å²) in [6.07, 6.45) is 0. The molecule has 0 saturated heterocycles. The Morgan fingerprint density at radius 2 is 2.57 bits per heavy atom. The maximum atomic E-state index is 7.91. The van der Waals surface area contributed by atoms with Crippen molar-refractivity contribution in [2.45, 2.75) is 0 Å². The molecule has 0 aromatic carbocycles. The van der Waals surface area contributed by atoms with Gasteiger partial charge in [-0.15, -0.1) is 0 Å². The molecular weight excluding hydrogens is 90.1 g/mol. The molecule has 0 aliphatic heterocycles. The number of nitrogens with one attached hydrogen (secondary N) is 1. The molecule has 0 aliphatic carbocycles. The van der Waals surface area contributed by atoms with Crippen LogP contribution in [0, 0.1) is 11.3 Å². The zero-order valence-electron chi connectivity index (χ0n) is 3.94. The Kier molecular flexibility index (Phi) is 2.53. The van der Waals surface area contributed by atoms with Crippen LogP contribution in [0.15, 0.2) is 12.4 Å². The summed E-state index contributed by atoms with van der Waals surface area (Å²) < 4.78 is 0. The first-order chi connectivity index (χ1) is 3.27. The summed E-state index contributed by atoms with van der Waals surface area (Å²) >= 11 is 0. The molecule has 7 heavy (non-hydrogen) atoms. The van der Waals surface area contributed by atoms with E-state index in [-0.39, 0.29) is 6.54 Å². The van der Waals surface area contributed by atoms with Crippen molar-refractivity contribution in [3.8, 4) is 6.07 Å². The summed E-state index contributed by atoms with van der Waals surface area (Å²) in [5, 5.41) is 10.4. The zero-order chi connectivity index (χ0) is 5.70. The van der Waals surface area contributed by atoms with Crippen LogP contribution >= 0.6 is 0 Å². The van der Waals surface area contributed by atoms with Crippen LogP contribution in [0.4, 0.5) is 0 Å². The molecule has 0 unspecified atom stereocenters. The fraction of sp³-hybridized carbons (Fsp3) is 0.250. The third kappa shape index (κ3) is 4.83. The SMILES string of the molecule is C=C(N)NCC#N. The summed E-state index contributed by atoms with van der Waals surface area (Å²) in [5.41, 5.74) is 5.02. The smallest absolute Gasteiger partial charge is 0.104 e. The van der Waals surface area contributed by atoms with Gasteiger partial charge in [0.2, 0.25) is 0 Å². The van der Waals surface area contributed by atoms with Crippen molar-refractivity contribution in [3.63, 3.8) is 0 Å². The van der Waals surface area contributed by atoms with Gasteiger partial charge >= 0.3 is 0 Å². The third-order valence-corrected chi connectivity index (χ3v) is 0.395. The van der Waals surface area contributed by atoms with Gasteiger partial charge in [0.15, 0.2) is 0 Å². The molecule has 0 radical (unpaired) electrons. The molecule has 0 aliphatic rings. The lowest BCUT2D eigenvalue weighted by Crippen LogP contribution is -2.18. The van der Waals surface area contributed by atoms with Crippen molar-refractivity contribution >= 4 is 0 Å². The second-order valence-corrected chi connectivity index (χ2v) is 1.04. The van der Waals surface area contributed by atoms with E-state index in [2.05, 4.69) is 11.9 Å². The van der Waals surface area contributed by atoms with E-state index in [1.165, 1.54) is 0 Å². The average molecular weight is 97.1 g/mol. The molecule has 0 bridgehead atoms. The Bertz CT molecular complexity index is 100.0. The Hall–Kier alpha value is -1.17. The van der Waals surface area contributed by atoms with Crippen LogP contribution in [0.5, 0.6) is 0 Å². The lowest BCUT2D eigenvalue weighted by Gasteiger charge is -1.93. The predicted octanol–water partition coefficient (Wildman–Crippen LogP) is -0.471. The van der Waals surface area contributed by atoms with Crippen molar-refractivity contribution in [1.82, 2.24) is 5.32 Å². The van der Waals surface area contributed by atoms with Gasteiger partial charge in [0.1, 0.15) is 6.54 Å². The van der Waals surface area contributed by atoms with Gasteiger partial charge in [-0.25, -0.2) is 0 Å². The van der Waals surface area contributed by atoms with Crippen LogP contribution in [-0.4, -0.2) is 6.54 Å². The number of nitrogens with two attached hydrogens (primary N) is 1. The van der Waals surface area contributed by atoms with Crippen molar-refractivity contribution in [2.75, 3.05) is 6.54 Å². The molecule has 3 heteroatoms. The Morgan fingerprint density at radius 1 is 2.00 bits per heavy atom. The van der Waals surface area contributed by atoms with Gasteiger partial charge in [0.25, 0.3) is 0 Å². The van der Waals surface area contributed by atoms with Crippen molar-refractivity contribution in [3.05, 3.63) is 12.4 Å². The highest BCUT2D eigenvalue weighted by molar-refractivity contribution is 4.87. The largest absolute Gasteiger partial charge is 0.386 e. The topological polar surface area (TPSA) is 61.8 Å². The molecule has 0 spiro atoms. The van der Waals surface area contributed by atoms with E-state index in [9.17, 15) is 0 Å². The molecule has 0 aromatic rings. The van der Waals surface area contributed by atoms with Gasteiger partial charge in [-0.2, -0.15) is 5.26 Å². The van der Waals surface area contributed by atoms with Gasteiger partial charge in [0, 0.05) is 0 Å². The molecule has 0 fully saturated rings. The monoisotopic (exact) mass is 97.1 g/mol. The molecule has 0 rings (SSSR count). The highest BCUT2D eigenvalue weighted by Crippen LogP contribution is 1.60. The van der Waals surface area contributed by atoms with Gasteiger partial charge < -0.3 is 11.1 Å². The normalized spacial score (nSPS) is 6.71. The number of hydrogen-bond donors (Lipinski definition) is 2. The second kappa shape index (κ2) is 3.04. The van der Waals surface area contributed by atoms with E-state index in [1.54, 1.807) is 0 Å². The van der Waals surface area contributed by atoms with Crippen molar-refractivity contribution in [1.29, 1.82) is 5.26 Å². The quantitative estimate of drug-likeness (QED) is 0.458. The minimum absolute atomic E-state index is 0.231. The summed E-state index contributed by atoms with van der Waals surface area (Å²) in [6.45, 7) is 3.54. The number of nitrogens with zero attached hydrogens (tertiary/aromatic N) is 1. The van der Waals surface area contributed by atoms with Crippen molar-refractivity contribution < 1.29 is 0 Å². The molecule has 3 N–H and O–H groups in total. The third-order valence-electron chi connectivity index (χ3n) is 0.395. The zero-order valence-corrected chi connectivity index (χ0v) is 3.94. The summed E-state index contributed by atoms with van der Waals surface area (Å²) in [4.78, 5) is 0. The molecule has 0 saturated carbocycles. The summed E-state index contributed by atoms with van der Waals surface area (Å²) in [6, 6.07) is 1.85. The lowest BCUT2D eigenvalue weighted by molar-refractivity contribution is 0.900. The minimum atomic E-state index is 0.231. The Balaban J connectivity index is 3.02. The van der Waals surface area contributed by atoms with Gasteiger partial charge in [0.05, 0.1) is 11.9 Å². The van der Waals surface area contributed by atoms with Crippen LogP contribution < -0.4 is 11.1 Å². The minimum Gasteiger partial charge on any atom is -0.386 e.